The van der Waals surface area contributed by atoms with E-state index in [1.165, 1.54) is 11.1 Å². The summed E-state index contributed by atoms with van der Waals surface area (Å²) in [6.45, 7) is 7.09. The summed E-state index contributed by atoms with van der Waals surface area (Å²) in [5, 5.41) is 3.10. The normalized spacial score (nSPS) is 12.8. The first-order chi connectivity index (χ1) is 16.9. The van der Waals surface area contributed by atoms with Crippen LogP contribution in [0.15, 0.2) is 66.7 Å². The highest BCUT2D eigenvalue weighted by Gasteiger charge is 2.20. The molecule has 0 radical (unpaired) electrons. The number of para-hydroxylation sites is 2. The number of carbonyl (C=O) groups is 1. The van der Waals surface area contributed by atoms with Crippen LogP contribution in [0.3, 0.4) is 0 Å². The molecule has 4 aromatic rings. The van der Waals surface area contributed by atoms with E-state index in [-0.39, 0.29) is 11.9 Å². The number of imidazole rings is 1. The second-order valence-corrected chi connectivity index (χ2v) is 8.86. The number of nitrogens with zero attached hydrogens (tertiary/aromatic N) is 2. The van der Waals surface area contributed by atoms with E-state index in [1.807, 2.05) is 25.1 Å². The van der Waals surface area contributed by atoms with Crippen LogP contribution >= 0.6 is 0 Å². The Labute approximate surface area is 206 Å². The lowest BCUT2D eigenvalue weighted by Gasteiger charge is -2.17. The van der Waals surface area contributed by atoms with E-state index in [2.05, 4.69) is 54.1 Å². The molecule has 6 heteroatoms. The van der Waals surface area contributed by atoms with Crippen LogP contribution < -0.4 is 14.8 Å². The summed E-state index contributed by atoms with van der Waals surface area (Å²) in [7, 11) is 3.13. The van der Waals surface area contributed by atoms with Gasteiger partial charge in [0.1, 0.15) is 5.82 Å². The lowest BCUT2D eigenvalue weighted by atomic mass is 9.97. The van der Waals surface area contributed by atoms with Crippen molar-refractivity contribution in [1.29, 1.82) is 0 Å². The van der Waals surface area contributed by atoms with Crippen LogP contribution in [0.25, 0.3) is 11.0 Å². The molecular formula is C29H33N3O3. The summed E-state index contributed by atoms with van der Waals surface area (Å²) in [6, 6.07) is 21.7. The summed E-state index contributed by atoms with van der Waals surface area (Å²) < 4.78 is 12.8. The van der Waals surface area contributed by atoms with Crippen molar-refractivity contribution in [2.45, 2.75) is 45.7 Å². The summed E-state index contributed by atoms with van der Waals surface area (Å²) in [4.78, 5) is 17.9. The Morgan fingerprint density at radius 3 is 2.37 bits per heavy atom. The van der Waals surface area contributed by atoms with Crippen LogP contribution in [0.5, 0.6) is 11.5 Å². The SMILES string of the molecule is CCC(C)c1ccc(Cn2c(C(C)NC(=O)c3ccc(OC)c(OC)c3)nc3ccccc32)cc1. The molecule has 0 aliphatic rings. The van der Waals surface area contributed by atoms with Crippen LogP contribution in [0.1, 0.15) is 66.5 Å². The number of methoxy groups -OCH3 is 2. The molecule has 0 aliphatic carbocycles. The van der Waals surface area contributed by atoms with Gasteiger partial charge >= 0.3 is 0 Å². The van der Waals surface area contributed by atoms with Crippen molar-refractivity contribution < 1.29 is 14.3 Å². The molecule has 1 amide bonds. The van der Waals surface area contributed by atoms with Crippen molar-refractivity contribution in [2.75, 3.05) is 14.2 Å². The number of rotatable bonds is 9. The molecule has 2 unspecified atom stereocenters. The van der Waals surface area contributed by atoms with Crippen LogP contribution in [-0.4, -0.2) is 29.7 Å². The van der Waals surface area contributed by atoms with Gasteiger partial charge in [0.25, 0.3) is 5.91 Å². The van der Waals surface area contributed by atoms with E-state index >= 15 is 0 Å². The molecule has 6 nitrogen and oxygen atoms in total. The van der Waals surface area contributed by atoms with Gasteiger partial charge in [-0.2, -0.15) is 0 Å². The summed E-state index contributed by atoms with van der Waals surface area (Å²) in [5.41, 5.74) is 4.99. The van der Waals surface area contributed by atoms with Gasteiger partial charge in [0.2, 0.25) is 0 Å². The number of amides is 1. The van der Waals surface area contributed by atoms with Gasteiger partial charge in [-0.15, -0.1) is 0 Å². The molecule has 4 rings (SSSR count). The van der Waals surface area contributed by atoms with Gasteiger partial charge in [0, 0.05) is 12.1 Å². The molecule has 1 aromatic heterocycles. The van der Waals surface area contributed by atoms with E-state index < -0.39 is 0 Å². The maximum atomic E-state index is 13.1. The Kier molecular flexibility index (Phi) is 7.39. The monoisotopic (exact) mass is 471 g/mol. The first-order valence-electron chi connectivity index (χ1n) is 12.0. The molecular weight excluding hydrogens is 438 g/mol. The zero-order chi connectivity index (χ0) is 24.9. The van der Waals surface area contributed by atoms with Crippen LogP contribution in [0.4, 0.5) is 0 Å². The minimum absolute atomic E-state index is 0.199. The Bertz CT molecular complexity index is 1310. The Balaban J connectivity index is 1.61. The molecule has 1 heterocycles. The van der Waals surface area contributed by atoms with Gasteiger partial charge in [0.05, 0.1) is 31.3 Å². The Morgan fingerprint density at radius 1 is 0.971 bits per heavy atom. The summed E-state index contributed by atoms with van der Waals surface area (Å²) in [5.74, 6) is 2.25. The van der Waals surface area contributed by atoms with Crippen molar-refractivity contribution in [3.63, 3.8) is 0 Å². The largest absolute Gasteiger partial charge is 0.493 e. The smallest absolute Gasteiger partial charge is 0.251 e. The highest BCUT2D eigenvalue weighted by atomic mass is 16.5. The van der Waals surface area contributed by atoms with Gasteiger partial charge in [-0.25, -0.2) is 4.98 Å². The third-order valence-corrected chi connectivity index (χ3v) is 6.57. The number of benzene rings is 3. The highest BCUT2D eigenvalue weighted by molar-refractivity contribution is 5.95. The molecule has 2 atom stereocenters. The third-order valence-electron chi connectivity index (χ3n) is 6.57. The maximum absolute atomic E-state index is 13.1. The number of nitrogens with one attached hydrogen (secondary N) is 1. The van der Waals surface area contributed by atoms with Gasteiger partial charge in [-0.1, -0.05) is 50.2 Å². The second kappa shape index (κ2) is 10.6. The van der Waals surface area contributed by atoms with Crippen molar-refractivity contribution in [3.8, 4) is 11.5 Å². The fourth-order valence-corrected chi connectivity index (χ4v) is 4.28. The zero-order valence-electron chi connectivity index (χ0n) is 21.0. The maximum Gasteiger partial charge on any atom is 0.251 e. The van der Waals surface area contributed by atoms with Crippen molar-refractivity contribution in [3.05, 3.63) is 89.2 Å². The predicted molar refractivity (Wildman–Crippen MR) is 139 cm³/mol. The van der Waals surface area contributed by atoms with E-state index in [4.69, 9.17) is 14.5 Å². The molecule has 3 aromatic carbocycles. The number of hydrogen-bond acceptors (Lipinski definition) is 4. The molecule has 0 saturated carbocycles. The van der Waals surface area contributed by atoms with E-state index in [9.17, 15) is 4.79 Å². The topological polar surface area (TPSA) is 65.4 Å². The lowest BCUT2D eigenvalue weighted by molar-refractivity contribution is 0.0937. The minimum Gasteiger partial charge on any atom is -0.493 e. The average molecular weight is 472 g/mol. The van der Waals surface area contributed by atoms with E-state index in [0.29, 0.717) is 29.5 Å². The summed E-state index contributed by atoms with van der Waals surface area (Å²) >= 11 is 0. The van der Waals surface area contributed by atoms with Crippen molar-refractivity contribution in [2.24, 2.45) is 0 Å². The van der Waals surface area contributed by atoms with E-state index in [1.54, 1.807) is 32.4 Å². The average Bonchev–Trinajstić information content (AvgIpc) is 3.26. The van der Waals surface area contributed by atoms with E-state index in [0.717, 1.165) is 23.3 Å². The predicted octanol–water partition coefficient (Wildman–Crippen LogP) is 6.11. The fraction of sp³-hybridized carbons (Fsp3) is 0.310. The van der Waals surface area contributed by atoms with Gasteiger partial charge in [0.15, 0.2) is 11.5 Å². The molecule has 0 bridgehead atoms. The van der Waals surface area contributed by atoms with Crippen LogP contribution in [0, 0.1) is 0 Å². The van der Waals surface area contributed by atoms with Crippen molar-refractivity contribution in [1.82, 2.24) is 14.9 Å². The minimum atomic E-state index is -0.303. The number of carbonyl (C=O) groups excluding carboxylic acids is 1. The van der Waals surface area contributed by atoms with Crippen molar-refractivity contribution >= 4 is 16.9 Å². The van der Waals surface area contributed by atoms with Crippen LogP contribution in [0.2, 0.25) is 0 Å². The zero-order valence-corrected chi connectivity index (χ0v) is 21.0. The fourth-order valence-electron chi connectivity index (χ4n) is 4.28. The molecule has 35 heavy (non-hydrogen) atoms. The number of ether oxygens (including phenoxy) is 2. The van der Waals surface area contributed by atoms with Crippen LogP contribution in [-0.2, 0) is 6.54 Å². The van der Waals surface area contributed by atoms with Gasteiger partial charge < -0.3 is 19.4 Å². The van der Waals surface area contributed by atoms with Gasteiger partial charge in [-0.05, 0) is 60.7 Å². The third kappa shape index (κ3) is 5.16. The quantitative estimate of drug-likeness (QED) is 0.320. The first-order valence-corrected chi connectivity index (χ1v) is 12.0. The molecule has 1 N–H and O–H groups in total. The number of aromatic nitrogens is 2. The lowest BCUT2D eigenvalue weighted by Crippen LogP contribution is -2.29. The Hall–Kier alpha value is -3.80. The molecule has 0 spiro atoms. The number of hydrogen-bond donors (Lipinski definition) is 1. The standard InChI is InChI=1S/C29H33N3O3/c1-6-19(2)22-13-11-21(12-14-22)18-32-25-10-8-7-9-24(25)31-28(32)20(3)30-29(33)23-15-16-26(34-4)27(17-23)35-5/h7-17,19-20H,6,18H2,1-5H3,(H,30,33). The molecule has 0 aliphatic heterocycles. The summed E-state index contributed by atoms with van der Waals surface area (Å²) in [6.07, 6.45) is 1.12. The Morgan fingerprint density at radius 2 is 1.69 bits per heavy atom. The molecule has 0 saturated heterocycles. The highest BCUT2D eigenvalue weighted by Crippen LogP contribution is 2.28. The molecule has 0 fully saturated rings. The molecule has 182 valence electrons. The first kappa shape index (κ1) is 24.3. The second-order valence-electron chi connectivity index (χ2n) is 8.86. The van der Waals surface area contributed by atoms with Gasteiger partial charge in [-0.3, -0.25) is 4.79 Å². The number of fused-ring (bicyclic) bond motifs is 1.